The van der Waals surface area contributed by atoms with Gasteiger partial charge in [-0.05, 0) is 36.8 Å². The molecular formula is C18H26ClN3O. The molecule has 1 saturated carbocycles. The van der Waals surface area contributed by atoms with E-state index in [1.54, 1.807) is 0 Å². The summed E-state index contributed by atoms with van der Waals surface area (Å²) in [7, 11) is 0. The first-order chi connectivity index (χ1) is 10.8. The van der Waals surface area contributed by atoms with Crippen molar-refractivity contribution in [2.75, 3.05) is 6.54 Å². The molecule has 2 aromatic rings. The molecule has 0 bridgehead atoms. The maximum absolute atomic E-state index is 6.04. The predicted octanol–water partition coefficient (Wildman–Crippen LogP) is 3.73. The number of nitrogens with zero attached hydrogens (tertiary/aromatic N) is 2. The second kappa shape index (κ2) is 8.46. The molecule has 4 nitrogen and oxygen atoms in total. The Hall–Kier alpha value is -1.39. The Morgan fingerprint density at radius 3 is 2.48 bits per heavy atom. The van der Waals surface area contributed by atoms with E-state index in [2.05, 4.69) is 34.4 Å². The highest BCUT2D eigenvalue weighted by Gasteiger charge is 2.32. The Labute approximate surface area is 144 Å². The molecule has 3 rings (SSSR count). The van der Waals surface area contributed by atoms with Crippen LogP contribution in [0.15, 0.2) is 34.9 Å². The molecule has 1 aliphatic rings. The fourth-order valence-electron chi connectivity index (χ4n) is 3.44. The summed E-state index contributed by atoms with van der Waals surface area (Å²) in [6.07, 6.45) is 8.84. The van der Waals surface area contributed by atoms with Crippen LogP contribution in [0.2, 0.25) is 0 Å². The molecule has 126 valence electrons. The standard InChI is InChI=1S/C18H25N3O.ClH/c19-14-18(11-5-2-6-12-18)13-17-20-16(21-22-17)10-9-15-7-3-1-4-8-15;/h1,3-4,7-8H,2,5-6,9-14,19H2;1H. The number of nitrogens with two attached hydrogens (primary N) is 1. The third-order valence-corrected chi connectivity index (χ3v) is 4.86. The number of aryl methyl sites for hydroxylation is 2. The monoisotopic (exact) mass is 335 g/mol. The fourth-order valence-corrected chi connectivity index (χ4v) is 3.44. The molecule has 5 heteroatoms. The SMILES string of the molecule is Cl.NCC1(Cc2nc(CCc3ccccc3)no2)CCCCC1. The van der Waals surface area contributed by atoms with Gasteiger partial charge in [0, 0.05) is 12.8 Å². The van der Waals surface area contributed by atoms with Gasteiger partial charge in [0.2, 0.25) is 5.89 Å². The molecule has 2 N–H and O–H groups in total. The van der Waals surface area contributed by atoms with Gasteiger partial charge in [-0.15, -0.1) is 12.4 Å². The second-order valence-corrected chi connectivity index (χ2v) is 6.53. The van der Waals surface area contributed by atoms with Gasteiger partial charge in [-0.2, -0.15) is 4.98 Å². The number of rotatable bonds is 6. The Morgan fingerprint density at radius 1 is 1.04 bits per heavy atom. The number of hydrogen-bond acceptors (Lipinski definition) is 4. The quantitative estimate of drug-likeness (QED) is 0.873. The minimum Gasteiger partial charge on any atom is -0.339 e. The zero-order valence-corrected chi connectivity index (χ0v) is 14.4. The second-order valence-electron chi connectivity index (χ2n) is 6.53. The largest absolute Gasteiger partial charge is 0.339 e. The smallest absolute Gasteiger partial charge is 0.227 e. The lowest BCUT2D eigenvalue weighted by Crippen LogP contribution is -2.35. The van der Waals surface area contributed by atoms with Crippen molar-refractivity contribution in [1.29, 1.82) is 0 Å². The van der Waals surface area contributed by atoms with Gasteiger partial charge < -0.3 is 10.3 Å². The van der Waals surface area contributed by atoms with E-state index < -0.39 is 0 Å². The number of hydrogen-bond donors (Lipinski definition) is 1. The zero-order valence-electron chi connectivity index (χ0n) is 13.5. The first-order valence-corrected chi connectivity index (χ1v) is 8.35. The van der Waals surface area contributed by atoms with Gasteiger partial charge in [0.1, 0.15) is 0 Å². The molecule has 1 fully saturated rings. The van der Waals surface area contributed by atoms with Crippen LogP contribution in [0.25, 0.3) is 0 Å². The first-order valence-electron chi connectivity index (χ1n) is 8.35. The molecule has 0 radical (unpaired) electrons. The van der Waals surface area contributed by atoms with E-state index in [1.165, 1.54) is 37.7 Å². The highest BCUT2D eigenvalue weighted by atomic mass is 35.5. The Morgan fingerprint density at radius 2 is 1.78 bits per heavy atom. The molecule has 1 aromatic carbocycles. The van der Waals surface area contributed by atoms with Crippen LogP contribution in [0, 0.1) is 5.41 Å². The van der Waals surface area contributed by atoms with Crippen molar-refractivity contribution in [2.24, 2.45) is 11.1 Å². The fraction of sp³-hybridized carbons (Fsp3) is 0.556. The van der Waals surface area contributed by atoms with Crippen molar-refractivity contribution in [3.8, 4) is 0 Å². The van der Waals surface area contributed by atoms with Gasteiger partial charge >= 0.3 is 0 Å². The van der Waals surface area contributed by atoms with Crippen LogP contribution in [0.3, 0.4) is 0 Å². The molecule has 0 amide bonds. The number of benzene rings is 1. The molecule has 0 spiro atoms. The molecule has 1 aliphatic carbocycles. The first kappa shape index (κ1) is 18.0. The van der Waals surface area contributed by atoms with Crippen LogP contribution in [-0.4, -0.2) is 16.7 Å². The minimum absolute atomic E-state index is 0. The number of aromatic nitrogens is 2. The normalized spacial score (nSPS) is 16.7. The number of halogens is 1. The van der Waals surface area contributed by atoms with Crippen LogP contribution in [0.4, 0.5) is 0 Å². The van der Waals surface area contributed by atoms with Gasteiger partial charge in [-0.25, -0.2) is 0 Å². The van der Waals surface area contributed by atoms with E-state index >= 15 is 0 Å². The molecule has 1 heterocycles. The van der Waals surface area contributed by atoms with Crippen LogP contribution in [0.1, 0.15) is 49.4 Å². The average molecular weight is 336 g/mol. The average Bonchev–Trinajstić information content (AvgIpc) is 3.02. The zero-order chi connectivity index (χ0) is 15.3. The van der Waals surface area contributed by atoms with E-state index in [9.17, 15) is 0 Å². The van der Waals surface area contributed by atoms with Gasteiger partial charge in [0.15, 0.2) is 5.82 Å². The topological polar surface area (TPSA) is 64.9 Å². The van der Waals surface area contributed by atoms with E-state index in [4.69, 9.17) is 10.3 Å². The molecule has 0 aliphatic heterocycles. The third-order valence-electron chi connectivity index (χ3n) is 4.86. The third kappa shape index (κ3) is 4.79. The summed E-state index contributed by atoms with van der Waals surface area (Å²) in [5.41, 5.74) is 7.52. The van der Waals surface area contributed by atoms with E-state index in [0.29, 0.717) is 6.54 Å². The van der Waals surface area contributed by atoms with Crippen molar-refractivity contribution in [2.45, 2.75) is 51.4 Å². The van der Waals surface area contributed by atoms with Crippen molar-refractivity contribution >= 4 is 12.4 Å². The highest BCUT2D eigenvalue weighted by molar-refractivity contribution is 5.85. The molecule has 1 aromatic heterocycles. The van der Waals surface area contributed by atoms with Gasteiger partial charge in [-0.1, -0.05) is 54.8 Å². The van der Waals surface area contributed by atoms with E-state index in [0.717, 1.165) is 31.0 Å². The van der Waals surface area contributed by atoms with Crippen molar-refractivity contribution in [1.82, 2.24) is 10.1 Å². The molecule has 23 heavy (non-hydrogen) atoms. The summed E-state index contributed by atoms with van der Waals surface area (Å²) in [6.45, 7) is 0.717. The Kier molecular flexibility index (Phi) is 6.60. The van der Waals surface area contributed by atoms with Crippen LogP contribution >= 0.6 is 12.4 Å². The molecule has 0 unspecified atom stereocenters. The Balaban J connectivity index is 0.00000192. The lowest BCUT2D eigenvalue weighted by atomic mass is 9.72. The Bertz CT molecular complexity index is 579. The summed E-state index contributed by atoms with van der Waals surface area (Å²) in [5, 5.41) is 4.14. The van der Waals surface area contributed by atoms with E-state index in [-0.39, 0.29) is 17.8 Å². The van der Waals surface area contributed by atoms with E-state index in [1.807, 2.05) is 6.07 Å². The summed E-state index contributed by atoms with van der Waals surface area (Å²) in [4.78, 5) is 4.58. The molecule has 0 atom stereocenters. The lowest BCUT2D eigenvalue weighted by molar-refractivity contribution is 0.177. The summed E-state index contributed by atoms with van der Waals surface area (Å²) < 4.78 is 5.47. The van der Waals surface area contributed by atoms with Crippen molar-refractivity contribution in [3.05, 3.63) is 47.6 Å². The lowest BCUT2D eigenvalue weighted by Gasteiger charge is -2.34. The summed E-state index contributed by atoms with van der Waals surface area (Å²) in [6, 6.07) is 10.4. The van der Waals surface area contributed by atoms with Gasteiger partial charge in [-0.3, -0.25) is 0 Å². The van der Waals surface area contributed by atoms with Crippen molar-refractivity contribution in [3.63, 3.8) is 0 Å². The predicted molar refractivity (Wildman–Crippen MR) is 93.7 cm³/mol. The summed E-state index contributed by atoms with van der Waals surface area (Å²) >= 11 is 0. The minimum atomic E-state index is 0. The van der Waals surface area contributed by atoms with Crippen molar-refractivity contribution < 1.29 is 4.52 Å². The van der Waals surface area contributed by atoms with Crippen LogP contribution in [0.5, 0.6) is 0 Å². The maximum Gasteiger partial charge on any atom is 0.227 e. The van der Waals surface area contributed by atoms with Crippen LogP contribution in [-0.2, 0) is 19.3 Å². The maximum atomic E-state index is 6.04. The van der Waals surface area contributed by atoms with Gasteiger partial charge in [0.05, 0.1) is 0 Å². The molecule has 0 saturated heterocycles. The van der Waals surface area contributed by atoms with Gasteiger partial charge in [0.25, 0.3) is 0 Å². The highest BCUT2D eigenvalue weighted by Crippen LogP contribution is 2.37. The van der Waals surface area contributed by atoms with Crippen LogP contribution < -0.4 is 5.73 Å². The summed E-state index contributed by atoms with van der Waals surface area (Å²) in [5.74, 6) is 1.57. The molecular weight excluding hydrogens is 310 g/mol.